The van der Waals surface area contributed by atoms with E-state index in [-0.39, 0.29) is 11.8 Å². The van der Waals surface area contributed by atoms with Crippen LogP contribution in [0.3, 0.4) is 0 Å². The molecule has 0 rings (SSSR count). The predicted octanol–water partition coefficient (Wildman–Crippen LogP) is 3.20. The Morgan fingerprint density at radius 3 is 2.33 bits per heavy atom. The van der Waals surface area contributed by atoms with Crippen molar-refractivity contribution in [3.63, 3.8) is 0 Å². The maximum absolute atomic E-state index is 11.1. The Kier molecular flexibility index (Phi) is 5.97. The van der Waals surface area contributed by atoms with E-state index in [4.69, 9.17) is 5.11 Å². The number of carboxylic acid groups (broad SMARTS) is 1. The number of esters is 1. The van der Waals surface area contributed by atoms with Crippen molar-refractivity contribution in [3.8, 4) is 0 Å². The molecule has 0 amide bonds. The van der Waals surface area contributed by atoms with Gasteiger partial charge in [0, 0.05) is 0 Å². The molecule has 0 aliphatic rings. The maximum Gasteiger partial charge on any atom is 0.513 e. The number of carbonyl (C=O) groups excluding carboxylic acids is 1. The monoisotopic (exact) mass is 216 g/mol. The summed E-state index contributed by atoms with van der Waals surface area (Å²) in [7, 11) is 0. The molecule has 88 valence electrons. The Bertz CT molecular complexity index is 221. The normalized spacial score (nSPS) is 11.1. The van der Waals surface area contributed by atoms with E-state index in [0.717, 1.165) is 25.7 Å². The molecule has 0 aromatic carbocycles. The molecule has 0 aromatic heterocycles. The number of rotatable bonds is 6. The van der Waals surface area contributed by atoms with Crippen molar-refractivity contribution in [2.45, 2.75) is 52.9 Å². The van der Waals surface area contributed by atoms with Gasteiger partial charge in [0.25, 0.3) is 0 Å². The molecule has 0 saturated heterocycles. The van der Waals surface area contributed by atoms with E-state index in [1.54, 1.807) is 0 Å². The molecule has 0 aromatic rings. The first-order valence-corrected chi connectivity index (χ1v) is 5.31. The molecule has 0 radical (unpaired) electrons. The average molecular weight is 216 g/mol. The second-order valence-corrected chi connectivity index (χ2v) is 4.54. The lowest BCUT2D eigenvalue weighted by Gasteiger charge is -2.22. The van der Waals surface area contributed by atoms with Crippen LogP contribution in [0.15, 0.2) is 0 Å². The first-order valence-electron chi connectivity index (χ1n) is 5.31. The lowest BCUT2D eigenvalue weighted by Crippen LogP contribution is -2.20. The van der Waals surface area contributed by atoms with E-state index in [2.05, 4.69) is 11.7 Å². The molecule has 15 heavy (non-hydrogen) atoms. The third-order valence-electron chi connectivity index (χ3n) is 2.28. The molecule has 0 heterocycles. The van der Waals surface area contributed by atoms with Crippen LogP contribution in [0.25, 0.3) is 0 Å². The van der Waals surface area contributed by atoms with Crippen molar-refractivity contribution in [2.24, 2.45) is 5.41 Å². The van der Waals surface area contributed by atoms with E-state index in [1.807, 2.05) is 13.8 Å². The zero-order chi connectivity index (χ0) is 11.9. The largest absolute Gasteiger partial charge is 0.513 e. The molecule has 0 aliphatic carbocycles. The van der Waals surface area contributed by atoms with Crippen LogP contribution in [0, 0.1) is 5.41 Å². The molecule has 0 saturated carbocycles. The highest BCUT2D eigenvalue weighted by atomic mass is 16.7. The van der Waals surface area contributed by atoms with Gasteiger partial charge in [0.15, 0.2) is 0 Å². The highest BCUT2D eigenvalue weighted by Gasteiger charge is 2.23. The summed E-state index contributed by atoms with van der Waals surface area (Å²) < 4.78 is 4.07. The van der Waals surface area contributed by atoms with Crippen LogP contribution in [0.5, 0.6) is 0 Å². The van der Waals surface area contributed by atoms with Crippen LogP contribution in [0.4, 0.5) is 4.79 Å². The van der Waals surface area contributed by atoms with Crippen LogP contribution in [-0.4, -0.2) is 17.2 Å². The van der Waals surface area contributed by atoms with E-state index < -0.39 is 12.1 Å². The highest BCUT2D eigenvalue weighted by molar-refractivity contribution is 5.81. The summed E-state index contributed by atoms with van der Waals surface area (Å²) in [5.41, 5.74) is -0.179. The van der Waals surface area contributed by atoms with Crippen molar-refractivity contribution in [3.05, 3.63) is 0 Å². The third-order valence-corrected chi connectivity index (χ3v) is 2.28. The number of unbranched alkanes of at least 4 members (excludes halogenated alkanes) is 2. The number of carbonyl (C=O) groups is 2. The van der Waals surface area contributed by atoms with E-state index in [9.17, 15) is 9.59 Å². The second kappa shape index (κ2) is 6.43. The summed E-state index contributed by atoms with van der Waals surface area (Å²) >= 11 is 0. The van der Waals surface area contributed by atoms with Crippen molar-refractivity contribution >= 4 is 12.1 Å². The average Bonchev–Trinajstić information content (AvgIpc) is 2.00. The predicted molar refractivity (Wildman–Crippen MR) is 56.7 cm³/mol. The molecule has 0 bridgehead atoms. The number of hydrogen-bond acceptors (Lipinski definition) is 3. The minimum atomic E-state index is -1.52. The minimum absolute atomic E-state index is 0.156. The molecule has 0 fully saturated rings. The highest BCUT2D eigenvalue weighted by Crippen LogP contribution is 2.28. The Morgan fingerprint density at radius 1 is 1.27 bits per heavy atom. The van der Waals surface area contributed by atoms with Gasteiger partial charge in [-0.05, 0) is 11.8 Å². The van der Waals surface area contributed by atoms with Gasteiger partial charge in [-0.2, -0.15) is 0 Å². The van der Waals surface area contributed by atoms with Crippen LogP contribution >= 0.6 is 0 Å². The molecule has 1 N–H and O–H groups in total. The molecule has 4 nitrogen and oxygen atoms in total. The van der Waals surface area contributed by atoms with Gasteiger partial charge in [-0.1, -0.05) is 40.0 Å². The maximum atomic E-state index is 11.1. The second-order valence-electron chi connectivity index (χ2n) is 4.54. The number of hydrogen-bond donors (Lipinski definition) is 1. The van der Waals surface area contributed by atoms with E-state index in [1.165, 1.54) is 0 Å². The zero-order valence-corrected chi connectivity index (χ0v) is 9.71. The Labute approximate surface area is 90.6 Å². The van der Waals surface area contributed by atoms with E-state index >= 15 is 0 Å². The van der Waals surface area contributed by atoms with Gasteiger partial charge in [-0.15, -0.1) is 0 Å². The van der Waals surface area contributed by atoms with Crippen molar-refractivity contribution < 1.29 is 19.4 Å². The fourth-order valence-electron chi connectivity index (χ4n) is 1.47. The van der Waals surface area contributed by atoms with Gasteiger partial charge >= 0.3 is 12.1 Å². The third kappa shape index (κ3) is 7.97. The summed E-state index contributed by atoms with van der Waals surface area (Å²) in [6, 6.07) is 0. The molecular formula is C11H20O4. The fourth-order valence-corrected chi connectivity index (χ4v) is 1.47. The molecule has 0 atom stereocenters. The summed E-state index contributed by atoms with van der Waals surface area (Å²) in [4.78, 5) is 21.2. The Balaban J connectivity index is 3.90. The van der Waals surface area contributed by atoms with Gasteiger partial charge in [-0.3, -0.25) is 4.79 Å². The quantitative estimate of drug-likeness (QED) is 0.420. The zero-order valence-electron chi connectivity index (χ0n) is 9.71. The molecular weight excluding hydrogens is 196 g/mol. The van der Waals surface area contributed by atoms with Gasteiger partial charge in [0.2, 0.25) is 0 Å². The molecule has 0 unspecified atom stereocenters. The molecule has 0 aliphatic heterocycles. The van der Waals surface area contributed by atoms with E-state index in [0.29, 0.717) is 0 Å². The van der Waals surface area contributed by atoms with Crippen LogP contribution in [-0.2, 0) is 9.53 Å². The summed E-state index contributed by atoms with van der Waals surface area (Å²) in [5, 5.41) is 8.25. The molecule has 4 heteroatoms. The lowest BCUT2D eigenvalue weighted by atomic mass is 9.84. The topological polar surface area (TPSA) is 63.6 Å². The fraction of sp³-hybridized carbons (Fsp3) is 0.818. The van der Waals surface area contributed by atoms with Crippen molar-refractivity contribution in [2.75, 3.05) is 0 Å². The first-order chi connectivity index (χ1) is 6.87. The van der Waals surface area contributed by atoms with Gasteiger partial charge in [0.05, 0.1) is 6.42 Å². The summed E-state index contributed by atoms with van der Waals surface area (Å²) in [6.45, 7) is 6.02. The van der Waals surface area contributed by atoms with Crippen LogP contribution < -0.4 is 0 Å². The Morgan fingerprint density at radius 2 is 1.87 bits per heavy atom. The summed E-state index contributed by atoms with van der Waals surface area (Å²) in [5.74, 6) is -0.663. The smallest absolute Gasteiger partial charge is 0.449 e. The number of ether oxygens (including phenoxy) is 1. The molecule has 0 spiro atoms. The van der Waals surface area contributed by atoms with Crippen molar-refractivity contribution in [1.82, 2.24) is 0 Å². The SMILES string of the molecule is CCCCCC(C)(C)CC(=O)OC(=O)O. The minimum Gasteiger partial charge on any atom is -0.449 e. The van der Waals surface area contributed by atoms with Crippen molar-refractivity contribution in [1.29, 1.82) is 0 Å². The van der Waals surface area contributed by atoms with Gasteiger partial charge < -0.3 is 9.84 Å². The lowest BCUT2D eigenvalue weighted by molar-refractivity contribution is -0.141. The van der Waals surface area contributed by atoms with Gasteiger partial charge in [0.1, 0.15) is 0 Å². The summed E-state index contributed by atoms with van der Waals surface area (Å²) in [6.07, 6.45) is 2.87. The van der Waals surface area contributed by atoms with Crippen LogP contribution in [0.2, 0.25) is 0 Å². The van der Waals surface area contributed by atoms with Gasteiger partial charge in [-0.25, -0.2) is 4.79 Å². The Hall–Kier alpha value is -1.06. The standard InChI is InChI=1S/C11H20O4/c1-4-5-6-7-11(2,3)8-9(12)15-10(13)14/h4-8H2,1-3H3,(H,13,14). The van der Waals surface area contributed by atoms with Crippen LogP contribution in [0.1, 0.15) is 52.9 Å². The first kappa shape index (κ1) is 13.9.